The summed E-state index contributed by atoms with van der Waals surface area (Å²) in [5.41, 5.74) is 5.98. The summed E-state index contributed by atoms with van der Waals surface area (Å²) in [5.74, 6) is -3.21. The van der Waals surface area contributed by atoms with Gasteiger partial charge < -0.3 is 10.1 Å². The average Bonchev–Trinajstić information content (AvgIpc) is 3.22. The number of nitrogens with zero attached hydrogens (tertiary/aromatic N) is 1. The molecule has 2 aliphatic rings. The van der Waals surface area contributed by atoms with Gasteiger partial charge in [0, 0.05) is 13.0 Å². The molecule has 0 aliphatic carbocycles. The van der Waals surface area contributed by atoms with Crippen molar-refractivity contribution in [3.8, 4) is 0 Å². The minimum Gasteiger partial charge on any atom is -0.350 e. The van der Waals surface area contributed by atoms with Crippen LogP contribution >= 0.6 is 0 Å². The number of carbonyl (C=O) groups excluding carboxylic acids is 4. The maximum atomic E-state index is 13.6. The lowest BCUT2D eigenvalue weighted by molar-refractivity contribution is -0.203. The summed E-state index contributed by atoms with van der Waals surface area (Å²) in [6, 6.07) is 8.26. The third-order valence-electron chi connectivity index (χ3n) is 7.22. The molecule has 2 aliphatic heterocycles. The summed E-state index contributed by atoms with van der Waals surface area (Å²) < 4.78 is 5.55. The first-order valence-corrected chi connectivity index (χ1v) is 13.9. The first-order chi connectivity index (χ1) is 18.7. The second kappa shape index (κ2) is 14.8. The minimum atomic E-state index is -0.829. The van der Waals surface area contributed by atoms with Gasteiger partial charge in [-0.3, -0.25) is 19.8 Å². The summed E-state index contributed by atoms with van der Waals surface area (Å²) in [6.45, 7) is 8.26. The summed E-state index contributed by atoms with van der Waals surface area (Å²) in [7, 11) is 0. The number of rotatable bonds is 13. The Labute approximate surface area is 230 Å². The number of imide groups is 1. The van der Waals surface area contributed by atoms with Crippen LogP contribution in [-0.4, -0.2) is 47.7 Å². The Morgan fingerprint density at radius 3 is 2.51 bits per heavy atom. The van der Waals surface area contributed by atoms with Gasteiger partial charge in [-0.25, -0.2) is 15.1 Å². The molecule has 3 rings (SSSR count). The van der Waals surface area contributed by atoms with Crippen molar-refractivity contribution < 1.29 is 28.8 Å². The van der Waals surface area contributed by atoms with E-state index in [1.54, 1.807) is 0 Å². The highest BCUT2D eigenvalue weighted by molar-refractivity contribution is 6.05. The van der Waals surface area contributed by atoms with Crippen LogP contribution < -0.4 is 16.2 Å². The van der Waals surface area contributed by atoms with Gasteiger partial charge in [-0.05, 0) is 43.1 Å². The van der Waals surface area contributed by atoms with Crippen LogP contribution in [-0.2, 0) is 24.0 Å². The predicted octanol–water partition coefficient (Wildman–Crippen LogP) is 3.94. The maximum Gasteiger partial charge on any atom is 0.344 e. The molecule has 5 amide bonds. The second-order valence-electron chi connectivity index (χ2n) is 10.7. The van der Waals surface area contributed by atoms with Gasteiger partial charge in [0.1, 0.15) is 6.04 Å². The number of hydrogen-bond acceptors (Lipinski definition) is 6. The van der Waals surface area contributed by atoms with Crippen LogP contribution in [0.25, 0.3) is 6.08 Å². The van der Waals surface area contributed by atoms with Crippen molar-refractivity contribution in [1.82, 2.24) is 21.2 Å². The standard InChI is InChI=1S/C29H42N4O6/c1-5-20(4)25-28(36)33(29(37)30-25)31-26(34)23(18-19(2)3)22(15-11-14-21-12-7-6-8-13-21)27(35)32-39-24-16-9-10-17-38-24/h6-8,11-14,19-20,22-25H,5,9-10,15-18H2,1-4H3,(H,30,37)(H,31,34)(H,32,35)/t20-,22-,23+,24?,25-/m0/s1. The van der Waals surface area contributed by atoms with Crippen LogP contribution in [0.3, 0.4) is 0 Å². The number of amides is 5. The summed E-state index contributed by atoms with van der Waals surface area (Å²) in [4.78, 5) is 58.0. The number of hydrogen-bond donors (Lipinski definition) is 3. The van der Waals surface area contributed by atoms with Crippen LogP contribution in [0.5, 0.6) is 0 Å². The van der Waals surface area contributed by atoms with Gasteiger partial charge in [0.2, 0.25) is 11.8 Å². The molecule has 2 fully saturated rings. The van der Waals surface area contributed by atoms with E-state index >= 15 is 0 Å². The van der Waals surface area contributed by atoms with Crippen molar-refractivity contribution in [3.63, 3.8) is 0 Å². The lowest BCUT2D eigenvalue weighted by Crippen LogP contribution is -2.52. The number of hydroxylamine groups is 1. The third kappa shape index (κ3) is 8.63. The lowest BCUT2D eigenvalue weighted by atomic mass is 9.82. The molecular formula is C29H42N4O6. The Hall–Kier alpha value is -3.24. The molecule has 5 atom stereocenters. The van der Waals surface area contributed by atoms with Crippen LogP contribution in [0.4, 0.5) is 4.79 Å². The zero-order valence-electron chi connectivity index (χ0n) is 23.4. The Bertz CT molecular complexity index is 1010. The Morgan fingerprint density at radius 1 is 1.13 bits per heavy atom. The number of allylic oxidation sites excluding steroid dienone is 1. The van der Waals surface area contributed by atoms with Crippen molar-refractivity contribution in [2.45, 2.75) is 78.6 Å². The molecular weight excluding hydrogens is 500 g/mol. The molecule has 0 bridgehead atoms. The van der Waals surface area contributed by atoms with Gasteiger partial charge in [0.15, 0.2) is 6.29 Å². The smallest absolute Gasteiger partial charge is 0.344 e. The summed E-state index contributed by atoms with van der Waals surface area (Å²) in [5, 5.41) is 3.39. The van der Waals surface area contributed by atoms with Crippen LogP contribution in [0.15, 0.2) is 36.4 Å². The third-order valence-corrected chi connectivity index (χ3v) is 7.22. The first kappa shape index (κ1) is 30.3. The highest BCUT2D eigenvalue weighted by Crippen LogP contribution is 2.27. The topological polar surface area (TPSA) is 126 Å². The highest BCUT2D eigenvalue weighted by Gasteiger charge is 2.43. The monoisotopic (exact) mass is 542 g/mol. The largest absolute Gasteiger partial charge is 0.350 e. The molecule has 3 N–H and O–H groups in total. The highest BCUT2D eigenvalue weighted by atomic mass is 16.8. The number of hydrazine groups is 1. The maximum absolute atomic E-state index is 13.6. The number of benzene rings is 1. The molecule has 1 aromatic carbocycles. The Kier molecular flexibility index (Phi) is 11.5. The van der Waals surface area contributed by atoms with Gasteiger partial charge in [0.25, 0.3) is 5.91 Å². The van der Waals surface area contributed by atoms with Crippen molar-refractivity contribution in [2.75, 3.05) is 6.61 Å². The average molecular weight is 543 g/mol. The van der Waals surface area contributed by atoms with Gasteiger partial charge in [-0.15, -0.1) is 0 Å². The number of nitrogens with one attached hydrogen (secondary N) is 3. The zero-order valence-corrected chi connectivity index (χ0v) is 23.4. The summed E-state index contributed by atoms with van der Waals surface area (Å²) in [6.07, 6.45) is 7.05. The molecule has 1 aromatic rings. The van der Waals surface area contributed by atoms with E-state index in [4.69, 9.17) is 9.57 Å². The molecule has 10 nitrogen and oxygen atoms in total. The van der Waals surface area contributed by atoms with E-state index in [9.17, 15) is 19.2 Å². The molecule has 2 heterocycles. The van der Waals surface area contributed by atoms with Gasteiger partial charge in [0.05, 0.1) is 11.8 Å². The Morgan fingerprint density at radius 2 is 1.87 bits per heavy atom. The fourth-order valence-corrected chi connectivity index (χ4v) is 4.75. The molecule has 10 heteroatoms. The molecule has 1 unspecified atom stereocenters. The van der Waals surface area contributed by atoms with Crippen LogP contribution in [0, 0.1) is 23.7 Å². The summed E-state index contributed by atoms with van der Waals surface area (Å²) >= 11 is 0. The van der Waals surface area contributed by atoms with E-state index in [0.29, 0.717) is 25.9 Å². The fourth-order valence-electron chi connectivity index (χ4n) is 4.75. The van der Waals surface area contributed by atoms with Gasteiger partial charge >= 0.3 is 6.03 Å². The molecule has 0 saturated carbocycles. The molecule has 39 heavy (non-hydrogen) atoms. The van der Waals surface area contributed by atoms with Gasteiger partial charge in [-0.1, -0.05) is 76.6 Å². The molecule has 214 valence electrons. The molecule has 0 radical (unpaired) electrons. The zero-order chi connectivity index (χ0) is 28.4. The first-order valence-electron chi connectivity index (χ1n) is 13.9. The lowest BCUT2D eigenvalue weighted by Gasteiger charge is -2.29. The molecule has 0 spiro atoms. The van der Waals surface area contributed by atoms with E-state index in [2.05, 4.69) is 16.2 Å². The van der Waals surface area contributed by atoms with Crippen molar-refractivity contribution in [3.05, 3.63) is 42.0 Å². The second-order valence-corrected chi connectivity index (χ2v) is 10.7. The quantitative estimate of drug-likeness (QED) is 0.256. The molecule has 0 aromatic heterocycles. The van der Waals surface area contributed by atoms with Crippen molar-refractivity contribution in [2.24, 2.45) is 23.7 Å². The van der Waals surface area contributed by atoms with Crippen molar-refractivity contribution in [1.29, 1.82) is 0 Å². The Balaban J connectivity index is 1.79. The van der Waals surface area contributed by atoms with Crippen LogP contribution in [0.2, 0.25) is 0 Å². The fraction of sp³-hybridized carbons (Fsp3) is 0.586. The number of carbonyl (C=O) groups is 4. The van der Waals surface area contributed by atoms with E-state index in [0.717, 1.165) is 23.4 Å². The van der Waals surface area contributed by atoms with E-state index in [1.807, 2.05) is 70.2 Å². The number of urea groups is 1. The van der Waals surface area contributed by atoms with Crippen LogP contribution in [0.1, 0.15) is 71.8 Å². The number of ether oxygens (including phenoxy) is 1. The predicted molar refractivity (Wildman–Crippen MR) is 146 cm³/mol. The van der Waals surface area contributed by atoms with E-state index in [-0.39, 0.29) is 18.3 Å². The van der Waals surface area contributed by atoms with Gasteiger partial charge in [-0.2, -0.15) is 5.01 Å². The normalized spacial score (nSPS) is 22.0. The molecule has 2 saturated heterocycles. The van der Waals surface area contributed by atoms with E-state index in [1.165, 1.54) is 0 Å². The van der Waals surface area contributed by atoms with E-state index < -0.39 is 47.9 Å². The minimum absolute atomic E-state index is 0.0627. The SMILES string of the molecule is CC[C@H](C)[C@@H]1NC(=O)N(NC(=O)[C@H](CC(C)C)[C@H](CC=Cc2ccccc2)C(=O)NOC2CCCCO2)C1=O. The van der Waals surface area contributed by atoms with Crippen molar-refractivity contribution >= 4 is 29.8 Å².